The summed E-state index contributed by atoms with van der Waals surface area (Å²) in [4.78, 5) is 24.9. The Labute approximate surface area is 110 Å². The number of hydrogen-bond donors (Lipinski definition) is 1. The van der Waals surface area contributed by atoms with Crippen molar-refractivity contribution < 1.29 is 19.1 Å². The lowest BCUT2D eigenvalue weighted by molar-refractivity contribution is -0.141. The number of halogens is 1. The van der Waals surface area contributed by atoms with Gasteiger partial charge >= 0.3 is 5.97 Å². The highest BCUT2D eigenvalue weighted by Gasteiger charge is 2.39. The lowest BCUT2D eigenvalue weighted by atomic mass is 10.1. The summed E-state index contributed by atoms with van der Waals surface area (Å²) in [5, 5.41) is 9.08. The highest BCUT2D eigenvalue weighted by molar-refractivity contribution is 5.98. The van der Waals surface area contributed by atoms with Gasteiger partial charge in [0.1, 0.15) is 11.9 Å². The van der Waals surface area contributed by atoms with Gasteiger partial charge in [-0.2, -0.15) is 0 Å². The molecule has 0 heterocycles. The van der Waals surface area contributed by atoms with E-state index in [1.807, 2.05) is 0 Å². The van der Waals surface area contributed by atoms with Gasteiger partial charge in [0.15, 0.2) is 0 Å². The molecule has 1 atom stereocenters. The van der Waals surface area contributed by atoms with E-state index in [2.05, 4.69) is 0 Å². The Bertz CT molecular complexity index is 525. The Morgan fingerprint density at radius 2 is 2.05 bits per heavy atom. The molecular weight excluding hydrogens is 249 g/mol. The largest absolute Gasteiger partial charge is 0.480 e. The van der Waals surface area contributed by atoms with E-state index in [-0.39, 0.29) is 11.9 Å². The third kappa shape index (κ3) is 2.75. The second-order valence-corrected chi connectivity index (χ2v) is 4.92. The molecule has 0 saturated heterocycles. The molecule has 1 unspecified atom stereocenters. The van der Waals surface area contributed by atoms with E-state index < -0.39 is 17.8 Å². The van der Waals surface area contributed by atoms with Gasteiger partial charge < -0.3 is 10.0 Å². The lowest BCUT2D eigenvalue weighted by Crippen LogP contribution is -2.44. The molecule has 1 aromatic rings. The maximum absolute atomic E-state index is 13.1. The van der Waals surface area contributed by atoms with Crippen LogP contribution in [0.5, 0.6) is 0 Å². The third-order valence-electron chi connectivity index (χ3n) is 3.37. The van der Waals surface area contributed by atoms with Crippen molar-refractivity contribution >= 4 is 11.9 Å². The first kappa shape index (κ1) is 13.5. The number of carboxylic acid groups (broad SMARTS) is 1. The molecule has 0 aromatic heterocycles. The van der Waals surface area contributed by atoms with Crippen molar-refractivity contribution in [3.8, 4) is 0 Å². The normalized spacial score (nSPS) is 15.9. The van der Waals surface area contributed by atoms with Gasteiger partial charge in [-0.15, -0.1) is 0 Å². The summed E-state index contributed by atoms with van der Waals surface area (Å²) in [5.41, 5.74) is 0.884. The van der Waals surface area contributed by atoms with Crippen molar-refractivity contribution in [3.05, 3.63) is 35.1 Å². The van der Waals surface area contributed by atoms with Gasteiger partial charge in [0.05, 0.1) is 0 Å². The molecule has 4 nitrogen and oxygen atoms in total. The molecule has 0 bridgehead atoms. The Kier molecular flexibility index (Phi) is 3.55. The van der Waals surface area contributed by atoms with Crippen molar-refractivity contribution in [2.24, 2.45) is 0 Å². The summed E-state index contributed by atoms with van der Waals surface area (Å²) in [7, 11) is 0. The molecule has 0 spiro atoms. The predicted molar refractivity (Wildman–Crippen MR) is 67.4 cm³/mol. The molecule has 1 N–H and O–H groups in total. The molecule has 1 amide bonds. The topological polar surface area (TPSA) is 57.6 Å². The molecule has 1 aromatic carbocycles. The minimum Gasteiger partial charge on any atom is -0.480 e. The van der Waals surface area contributed by atoms with Gasteiger partial charge in [-0.05, 0) is 50.5 Å². The summed E-state index contributed by atoms with van der Waals surface area (Å²) < 4.78 is 13.1. The van der Waals surface area contributed by atoms with E-state index in [9.17, 15) is 14.0 Å². The number of hydrogen-bond acceptors (Lipinski definition) is 2. The van der Waals surface area contributed by atoms with E-state index in [4.69, 9.17) is 5.11 Å². The summed E-state index contributed by atoms with van der Waals surface area (Å²) in [6, 6.07) is 3.03. The van der Waals surface area contributed by atoms with Crippen LogP contribution in [0.4, 0.5) is 4.39 Å². The highest BCUT2D eigenvalue weighted by Crippen LogP contribution is 2.30. The minimum absolute atomic E-state index is 0.0111. The molecule has 1 fully saturated rings. The SMILES string of the molecule is Cc1cc(F)ccc1C(=O)N(C1CC1)C(C)C(=O)O. The van der Waals surface area contributed by atoms with Crippen molar-refractivity contribution in [2.75, 3.05) is 0 Å². The first-order valence-corrected chi connectivity index (χ1v) is 6.23. The number of nitrogens with zero attached hydrogens (tertiary/aromatic N) is 1. The Hall–Kier alpha value is -1.91. The number of aryl methyl sites for hydroxylation is 1. The Balaban J connectivity index is 2.31. The van der Waals surface area contributed by atoms with Crippen molar-refractivity contribution in [1.82, 2.24) is 4.90 Å². The highest BCUT2D eigenvalue weighted by atomic mass is 19.1. The third-order valence-corrected chi connectivity index (χ3v) is 3.37. The zero-order chi connectivity index (χ0) is 14.2. The van der Waals surface area contributed by atoms with E-state index >= 15 is 0 Å². The maximum atomic E-state index is 13.1. The molecule has 19 heavy (non-hydrogen) atoms. The fourth-order valence-electron chi connectivity index (χ4n) is 2.14. The van der Waals surface area contributed by atoms with Gasteiger partial charge in [0.2, 0.25) is 0 Å². The van der Waals surface area contributed by atoms with Gasteiger partial charge in [-0.1, -0.05) is 0 Å². The van der Waals surface area contributed by atoms with Gasteiger partial charge in [-0.3, -0.25) is 4.79 Å². The maximum Gasteiger partial charge on any atom is 0.326 e. The second-order valence-electron chi connectivity index (χ2n) is 4.92. The monoisotopic (exact) mass is 265 g/mol. The van der Waals surface area contributed by atoms with Crippen molar-refractivity contribution in [2.45, 2.75) is 38.8 Å². The van der Waals surface area contributed by atoms with Crippen LogP contribution in [0.25, 0.3) is 0 Å². The predicted octanol–water partition coefficient (Wildman–Crippen LogP) is 2.21. The summed E-state index contributed by atoms with van der Waals surface area (Å²) in [6.45, 7) is 3.14. The number of carboxylic acids is 1. The smallest absolute Gasteiger partial charge is 0.326 e. The molecule has 102 valence electrons. The van der Waals surface area contributed by atoms with Gasteiger partial charge in [-0.25, -0.2) is 9.18 Å². The minimum atomic E-state index is -1.03. The van der Waals surface area contributed by atoms with Crippen LogP contribution in [0.15, 0.2) is 18.2 Å². The number of amides is 1. The van der Waals surface area contributed by atoms with E-state index in [1.165, 1.54) is 30.0 Å². The van der Waals surface area contributed by atoms with E-state index in [0.717, 1.165) is 12.8 Å². The van der Waals surface area contributed by atoms with Crippen LogP contribution in [0.1, 0.15) is 35.7 Å². The van der Waals surface area contributed by atoms with Crippen LogP contribution >= 0.6 is 0 Å². The van der Waals surface area contributed by atoms with Crippen molar-refractivity contribution in [1.29, 1.82) is 0 Å². The molecule has 0 radical (unpaired) electrons. The zero-order valence-corrected chi connectivity index (χ0v) is 10.9. The van der Waals surface area contributed by atoms with Crippen LogP contribution in [-0.2, 0) is 4.79 Å². The first-order chi connectivity index (χ1) is 8.91. The Morgan fingerprint density at radius 1 is 1.42 bits per heavy atom. The summed E-state index contributed by atoms with van der Waals surface area (Å²) in [6.07, 6.45) is 1.65. The van der Waals surface area contributed by atoms with Crippen LogP contribution in [0, 0.1) is 12.7 Å². The number of rotatable bonds is 4. The first-order valence-electron chi connectivity index (χ1n) is 6.23. The average Bonchev–Trinajstić information content (AvgIpc) is 3.13. The molecule has 1 saturated carbocycles. The van der Waals surface area contributed by atoms with Crippen LogP contribution in [0.2, 0.25) is 0 Å². The summed E-state index contributed by atoms with van der Waals surface area (Å²) in [5.74, 6) is -1.77. The van der Waals surface area contributed by atoms with Crippen molar-refractivity contribution in [3.63, 3.8) is 0 Å². The quantitative estimate of drug-likeness (QED) is 0.908. The zero-order valence-electron chi connectivity index (χ0n) is 10.9. The molecular formula is C14H16FNO3. The molecule has 1 aliphatic carbocycles. The lowest BCUT2D eigenvalue weighted by Gasteiger charge is -2.27. The summed E-state index contributed by atoms with van der Waals surface area (Å²) >= 11 is 0. The molecule has 1 aliphatic rings. The molecule has 0 aliphatic heterocycles. The second kappa shape index (κ2) is 4.99. The van der Waals surface area contributed by atoms with Crippen LogP contribution in [-0.4, -0.2) is 34.0 Å². The van der Waals surface area contributed by atoms with Gasteiger partial charge in [0, 0.05) is 11.6 Å². The van der Waals surface area contributed by atoms with Gasteiger partial charge in [0.25, 0.3) is 5.91 Å². The number of benzene rings is 1. The van der Waals surface area contributed by atoms with E-state index in [1.54, 1.807) is 6.92 Å². The molecule has 5 heteroatoms. The van der Waals surface area contributed by atoms with Crippen LogP contribution in [0.3, 0.4) is 0 Å². The average molecular weight is 265 g/mol. The number of aliphatic carboxylic acids is 1. The number of carbonyl (C=O) groups is 2. The van der Waals surface area contributed by atoms with Crippen LogP contribution < -0.4 is 0 Å². The number of carbonyl (C=O) groups excluding carboxylic acids is 1. The van der Waals surface area contributed by atoms with E-state index in [0.29, 0.717) is 11.1 Å². The molecule has 2 rings (SSSR count). The Morgan fingerprint density at radius 3 is 2.53 bits per heavy atom. The fourth-order valence-corrected chi connectivity index (χ4v) is 2.14. The standard InChI is InChI=1S/C14H16FNO3/c1-8-7-10(15)3-6-12(8)13(17)16(11-4-5-11)9(2)14(18)19/h3,6-7,9,11H,4-5H2,1-2H3,(H,18,19). The fraction of sp³-hybridized carbons (Fsp3) is 0.429.